The molecule has 8 nitrogen and oxygen atoms in total. The molecular weight excluding hydrogens is 360 g/mol. The molecule has 1 amide bonds. The summed E-state index contributed by atoms with van der Waals surface area (Å²) in [6.07, 6.45) is 0. The lowest BCUT2D eigenvalue weighted by Crippen LogP contribution is -2.29. The number of amides is 1. The van der Waals surface area contributed by atoms with E-state index in [0.717, 1.165) is 5.56 Å². The molecule has 0 unspecified atom stereocenters. The van der Waals surface area contributed by atoms with E-state index < -0.39 is 0 Å². The van der Waals surface area contributed by atoms with Crippen LogP contribution in [-0.2, 0) is 0 Å². The number of benzene rings is 2. The summed E-state index contributed by atoms with van der Waals surface area (Å²) in [5.74, 6) is 2.04. The number of methoxy groups -OCH3 is 3. The van der Waals surface area contributed by atoms with Crippen LogP contribution in [0.4, 0.5) is 5.82 Å². The number of carbonyl (C=O) groups excluding carboxylic acids is 1. The zero-order valence-corrected chi connectivity index (χ0v) is 15.7. The van der Waals surface area contributed by atoms with Crippen molar-refractivity contribution in [3.63, 3.8) is 0 Å². The Kier molecular flexibility index (Phi) is 5.91. The molecule has 8 heteroatoms. The van der Waals surface area contributed by atoms with Gasteiger partial charge in [0, 0.05) is 11.1 Å². The van der Waals surface area contributed by atoms with Gasteiger partial charge in [0.15, 0.2) is 17.3 Å². The van der Waals surface area contributed by atoms with E-state index >= 15 is 0 Å². The molecule has 0 atom stereocenters. The number of ether oxygens (including phenoxy) is 3. The average Bonchev–Trinajstić information content (AvgIpc) is 2.77. The summed E-state index contributed by atoms with van der Waals surface area (Å²) in [4.78, 5) is 12.1. The minimum atomic E-state index is -0.298. The van der Waals surface area contributed by atoms with Gasteiger partial charge < -0.3 is 14.2 Å². The van der Waals surface area contributed by atoms with Gasteiger partial charge in [0.05, 0.1) is 27.0 Å². The molecule has 0 aliphatic heterocycles. The van der Waals surface area contributed by atoms with E-state index in [0.29, 0.717) is 34.3 Å². The highest BCUT2D eigenvalue weighted by atomic mass is 16.5. The standard InChI is InChI=1S/C20H20N4O4/c1-26-15-7-4-13(5-8-15)20(25)24-23-19-11-9-16(21-22-19)14-6-10-17(27-2)18(12-14)28-3/h4-12H,1-3H3,(H,22,23)(H,24,25). The zero-order chi connectivity index (χ0) is 19.9. The number of aromatic nitrogens is 2. The first-order valence-electron chi connectivity index (χ1n) is 8.41. The van der Waals surface area contributed by atoms with Gasteiger partial charge in [-0.1, -0.05) is 0 Å². The van der Waals surface area contributed by atoms with E-state index in [1.165, 1.54) is 0 Å². The third-order valence-corrected chi connectivity index (χ3v) is 4.00. The van der Waals surface area contributed by atoms with Crippen molar-refractivity contribution in [3.05, 3.63) is 60.2 Å². The fourth-order valence-electron chi connectivity index (χ4n) is 2.48. The van der Waals surface area contributed by atoms with Crippen molar-refractivity contribution < 1.29 is 19.0 Å². The van der Waals surface area contributed by atoms with Crippen LogP contribution in [0.1, 0.15) is 10.4 Å². The number of anilines is 1. The second-order valence-corrected chi connectivity index (χ2v) is 5.68. The van der Waals surface area contributed by atoms with E-state index in [9.17, 15) is 4.79 Å². The molecule has 3 aromatic rings. The van der Waals surface area contributed by atoms with Crippen LogP contribution in [0, 0.1) is 0 Å². The van der Waals surface area contributed by atoms with Crippen molar-refractivity contribution in [2.24, 2.45) is 0 Å². The molecule has 0 spiro atoms. The maximum absolute atomic E-state index is 12.1. The summed E-state index contributed by atoms with van der Waals surface area (Å²) in [6, 6.07) is 15.8. The molecular formula is C20H20N4O4. The predicted octanol–water partition coefficient (Wildman–Crippen LogP) is 2.93. The molecule has 144 valence electrons. The van der Waals surface area contributed by atoms with Gasteiger partial charge >= 0.3 is 0 Å². The van der Waals surface area contributed by atoms with Gasteiger partial charge in [-0.05, 0) is 54.6 Å². The van der Waals surface area contributed by atoms with Crippen molar-refractivity contribution in [1.82, 2.24) is 15.6 Å². The third kappa shape index (κ3) is 4.29. The average molecular weight is 380 g/mol. The first-order chi connectivity index (χ1) is 13.6. The molecule has 0 aliphatic carbocycles. The molecule has 28 heavy (non-hydrogen) atoms. The lowest BCUT2D eigenvalue weighted by Gasteiger charge is -2.10. The maximum atomic E-state index is 12.1. The Balaban J connectivity index is 1.65. The molecule has 0 saturated heterocycles. The summed E-state index contributed by atoms with van der Waals surface area (Å²) in [5.41, 5.74) is 7.30. The van der Waals surface area contributed by atoms with Gasteiger partial charge in [0.25, 0.3) is 5.91 Å². The number of hydrazine groups is 1. The Morgan fingerprint density at radius 2 is 1.57 bits per heavy atom. The highest BCUT2D eigenvalue weighted by Crippen LogP contribution is 2.31. The molecule has 2 aromatic carbocycles. The van der Waals surface area contributed by atoms with Crippen LogP contribution in [-0.4, -0.2) is 37.4 Å². The quantitative estimate of drug-likeness (QED) is 0.609. The van der Waals surface area contributed by atoms with Crippen molar-refractivity contribution in [2.45, 2.75) is 0 Å². The zero-order valence-electron chi connectivity index (χ0n) is 15.7. The van der Waals surface area contributed by atoms with Crippen LogP contribution in [0.5, 0.6) is 17.2 Å². The van der Waals surface area contributed by atoms with Crippen LogP contribution < -0.4 is 25.1 Å². The van der Waals surface area contributed by atoms with Crippen molar-refractivity contribution in [2.75, 3.05) is 26.8 Å². The van der Waals surface area contributed by atoms with Crippen LogP contribution >= 0.6 is 0 Å². The Morgan fingerprint density at radius 1 is 0.821 bits per heavy atom. The van der Waals surface area contributed by atoms with E-state index in [-0.39, 0.29) is 5.91 Å². The Labute approximate surface area is 162 Å². The number of carbonyl (C=O) groups is 1. The number of nitrogens with zero attached hydrogens (tertiary/aromatic N) is 2. The molecule has 2 N–H and O–H groups in total. The van der Waals surface area contributed by atoms with Gasteiger partial charge in [0.2, 0.25) is 0 Å². The van der Waals surface area contributed by atoms with Gasteiger partial charge in [-0.15, -0.1) is 10.2 Å². The second kappa shape index (κ2) is 8.72. The van der Waals surface area contributed by atoms with Crippen LogP contribution in [0.3, 0.4) is 0 Å². The third-order valence-electron chi connectivity index (χ3n) is 4.00. The highest BCUT2D eigenvalue weighted by Gasteiger charge is 2.09. The summed E-state index contributed by atoms with van der Waals surface area (Å²) in [7, 11) is 4.73. The predicted molar refractivity (Wildman–Crippen MR) is 105 cm³/mol. The van der Waals surface area contributed by atoms with Crippen LogP contribution in [0.15, 0.2) is 54.6 Å². The molecule has 0 fully saturated rings. The Hall–Kier alpha value is -3.81. The highest BCUT2D eigenvalue weighted by molar-refractivity contribution is 5.94. The molecule has 0 radical (unpaired) electrons. The van der Waals surface area contributed by atoms with Crippen molar-refractivity contribution in [3.8, 4) is 28.5 Å². The van der Waals surface area contributed by atoms with E-state index in [1.807, 2.05) is 12.1 Å². The fourth-order valence-corrected chi connectivity index (χ4v) is 2.48. The number of rotatable bonds is 7. The van der Waals surface area contributed by atoms with E-state index in [4.69, 9.17) is 14.2 Å². The molecule has 3 rings (SSSR count). The first kappa shape index (κ1) is 19.0. The minimum Gasteiger partial charge on any atom is -0.497 e. The monoisotopic (exact) mass is 380 g/mol. The van der Waals surface area contributed by atoms with Crippen molar-refractivity contribution >= 4 is 11.7 Å². The summed E-state index contributed by atoms with van der Waals surface area (Å²) >= 11 is 0. The Morgan fingerprint density at radius 3 is 2.18 bits per heavy atom. The fraction of sp³-hybridized carbons (Fsp3) is 0.150. The molecule has 0 saturated carbocycles. The molecule has 1 heterocycles. The molecule has 0 aliphatic rings. The second-order valence-electron chi connectivity index (χ2n) is 5.68. The van der Waals surface area contributed by atoms with Gasteiger partial charge in [-0.2, -0.15) is 0 Å². The maximum Gasteiger partial charge on any atom is 0.269 e. The van der Waals surface area contributed by atoms with E-state index in [1.54, 1.807) is 63.8 Å². The smallest absolute Gasteiger partial charge is 0.269 e. The largest absolute Gasteiger partial charge is 0.497 e. The summed E-state index contributed by atoms with van der Waals surface area (Å²) < 4.78 is 15.6. The normalized spacial score (nSPS) is 10.1. The number of nitrogens with one attached hydrogen (secondary N) is 2. The number of hydrogen-bond acceptors (Lipinski definition) is 7. The van der Waals surface area contributed by atoms with Crippen LogP contribution in [0.25, 0.3) is 11.3 Å². The van der Waals surface area contributed by atoms with Crippen molar-refractivity contribution in [1.29, 1.82) is 0 Å². The lowest BCUT2D eigenvalue weighted by atomic mass is 10.1. The molecule has 0 bridgehead atoms. The summed E-state index contributed by atoms with van der Waals surface area (Å²) in [6.45, 7) is 0. The van der Waals surface area contributed by atoms with Gasteiger partial charge in [-0.25, -0.2) is 0 Å². The van der Waals surface area contributed by atoms with Crippen LogP contribution in [0.2, 0.25) is 0 Å². The topological polar surface area (TPSA) is 94.6 Å². The van der Waals surface area contributed by atoms with Gasteiger partial charge in [0.1, 0.15) is 5.75 Å². The lowest BCUT2D eigenvalue weighted by molar-refractivity contribution is 0.0962. The Bertz CT molecular complexity index is 943. The minimum absolute atomic E-state index is 0.298. The van der Waals surface area contributed by atoms with E-state index in [2.05, 4.69) is 21.0 Å². The van der Waals surface area contributed by atoms with Gasteiger partial charge in [-0.3, -0.25) is 15.6 Å². The first-order valence-corrected chi connectivity index (χ1v) is 8.41. The SMILES string of the molecule is COc1ccc(C(=O)NNc2ccc(-c3ccc(OC)c(OC)c3)nn2)cc1. The summed E-state index contributed by atoms with van der Waals surface area (Å²) in [5, 5.41) is 8.25. The molecule has 1 aromatic heterocycles. The number of hydrogen-bond donors (Lipinski definition) is 2.